The van der Waals surface area contributed by atoms with E-state index in [0.29, 0.717) is 5.88 Å². The van der Waals surface area contributed by atoms with Crippen LogP contribution in [0.25, 0.3) is 0 Å². The van der Waals surface area contributed by atoms with Crippen LogP contribution in [-0.4, -0.2) is 6.21 Å². The number of nitrogens with zero attached hydrogens (tertiary/aromatic N) is 1. The Morgan fingerprint density at radius 3 is 3.38 bits per heavy atom. The molecule has 0 bridgehead atoms. The third-order valence-electron chi connectivity index (χ3n) is 0.874. The van der Waals surface area contributed by atoms with Crippen LogP contribution in [0.1, 0.15) is 12.8 Å². The highest BCUT2D eigenvalue weighted by atomic mass is 16.6. The maximum Gasteiger partial charge on any atom is 0.216 e. The Kier molecular flexibility index (Phi) is 1.51. The normalized spacial score (nSPS) is 18.8. The summed E-state index contributed by atoms with van der Waals surface area (Å²) in [7, 11) is 0. The molecule has 0 fully saturated rings. The average Bonchev–Trinajstić information content (AvgIpc) is 1.94. The Morgan fingerprint density at radius 1 is 1.62 bits per heavy atom. The first-order chi connectivity index (χ1) is 3.89. The van der Waals surface area contributed by atoms with Gasteiger partial charge in [0.25, 0.3) is 0 Å². The van der Waals surface area contributed by atoms with Crippen LogP contribution >= 0.6 is 0 Å². The fourth-order valence-corrected chi connectivity index (χ4v) is 0.488. The first-order valence-electron chi connectivity index (χ1n) is 2.54. The molecule has 1 heterocycles. The second-order valence-corrected chi connectivity index (χ2v) is 1.56. The molecule has 0 aromatic rings. The minimum Gasteiger partial charge on any atom is -0.368 e. The zero-order valence-corrected chi connectivity index (χ0v) is 4.50. The SMILES string of the molecule is NC1=CCCC=NO1. The number of allylic oxidation sites excluding steroid dienone is 1. The van der Waals surface area contributed by atoms with E-state index in [9.17, 15) is 0 Å². The Hall–Kier alpha value is -0.990. The van der Waals surface area contributed by atoms with Crippen molar-refractivity contribution in [1.29, 1.82) is 0 Å². The van der Waals surface area contributed by atoms with Gasteiger partial charge < -0.3 is 10.6 Å². The highest BCUT2D eigenvalue weighted by Crippen LogP contribution is 1.98. The van der Waals surface area contributed by atoms with Crippen LogP contribution in [0.15, 0.2) is 17.1 Å². The summed E-state index contributed by atoms with van der Waals surface area (Å²) in [5.74, 6) is 0.402. The molecule has 0 amide bonds. The molecule has 0 aromatic heterocycles. The standard InChI is InChI=1S/C5H8N2O/c6-5-3-1-2-4-7-8-5/h3-4H,1-2,6H2. The van der Waals surface area contributed by atoms with Crippen LogP contribution in [0.5, 0.6) is 0 Å². The maximum atomic E-state index is 5.26. The van der Waals surface area contributed by atoms with Gasteiger partial charge in [0, 0.05) is 6.21 Å². The molecule has 0 saturated carbocycles. The molecule has 0 saturated heterocycles. The molecule has 0 atom stereocenters. The molecule has 0 aromatic carbocycles. The first-order valence-corrected chi connectivity index (χ1v) is 2.54. The highest BCUT2D eigenvalue weighted by Gasteiger charge is 1.91. The van der Waals surface area contributed by atoms with Gasteiger partial charge in [0.2, 0.25) is 5.88 Å². The van der Waals surface area contributed by atoms with Crippen LogP contribution in [0, 0.1) is 0 Å². The summed E-state index contributed by atoms with van der Waals surface area (Å²) < 4.78 is 0. The lowest BCUT2D eigenvalue weighted by Crippen LogP contribution is -1.96. The molecule has 1 rings (SSSR count). The van der Waals surface area contributed by atoms with E-state index in [4.69, 9.17) is 5.73 Å². The number of nitrogens with two attached hydrogens (primary N) is 1. The molecule has 3 nitrogen and oxygen atoms in total. The van der Waals surface area contributed by atoms with Gasteiger partial charge in [-0.2, -0.15) is 0 Å². The Labute approximate surface area is 47.8 Å². The third kappa shape index (κ3) is 1.26. The van der Waals surface area contributed by atoms with E-state index in [1.165, 1.54) is 0 Å². The Bertz CT molecular complexity index is 128. The van der Waals surface area contributed by atoms with E-state index < -0.39 is 0 Å². The van der Waals surface area contributed by atoms with Gasteiger partial charge in [-0.1, -0.05) is 5.16 Å². The van der Waals surface area contributed by atoms with Crippen molar-refractivity contribution in [1.82, 2.24) is 0 Å². The van der Waals surface area contributed by atoms with E-state index in [2.05, 4.69) is 9.99 Å². The van der Waals surface area contributed by atoms with Gasteiger partial charge in [-0.25, -0.2) is 0 Å². The van der Waals surface area contributed by atoms with Gasteiger partial charge in [0.1, 0.15) is 0 Å². The second-order valence-electron chi connectivity index (χ2n) is 1.56. The van der Waals surface area contributed by atoms with Crippen LogP contribution in [0.2, 0.25) is 0 Å². The summed E-state index contributed by atoms with van der Waals surface area (Å²) in [6.07, 6.45) is 5.36. The summed E-state index contributed by atoms with van der Waals surface area (Å²) in [6.45, 7) is 0. The molecule has 44 valence electrons. The van der Waals surface area contributed by atoms with Crippen molar-refractivity contribution in [2.75, 3.05) is 0 Å². The van der Waals surface area contributed by atoms with Crippen molar-refractivity contribution in [2.45, 2.75) is 12.8 Å². The van der Waals surface area contributed by atoms with Crippen molar-refractivity contribution in [3.63, 3.8) is 0 Å². The third-order valence-corrected chi connectivity index (χ3v) is 0.874. The zero-order chi connectivity index (χ0) is 5.82. The van der Waals surface area contributed by atoms with Gasteiger partial charge in [0.15, 0.2) is 0 Å². The summed E-state index contributed by atoms with van der Waals surface area (Å²) in [5, 5.41) is 3.53. The van der Waals surface area contributed by atoms with E-state index in [1.54, 1.807) is 6.21 Å². The lowest BCUT2D eigenvalue weighted by atomic mass is 10.3. The summed E-state index contributed by atoms with van der Waals surface area (Å²) in [5.41, 5.74) is 5.26. The quantitative estimate of drug-likeness (QED) is 0.498. The lowest BCUT2D eigenvalue weighted by molar-refractivity contribution is 0.227. The summed E-state index contributed by atoms with van der Waals surface area (Å²) >= 11 is 0. The molecule has 1 aliphatic rings. The zero-order valence-electron chi connectivity index (χ0n) is 4.50. The number of hydrogen-bond donors (Lipinski definition) is 1. The molecule has 0 radical (unpaired) electrons. The van der Waals surface area contributed by atoms with Crippen molar-refractivity contribution >= 4 is 6.21 Å². The topological polar surface area (TPSA) is 47.6 Å². The lowest BCUT2D eigenvalue weighted by Gasteiger charge is -1.90. The van der Waals surface area contributed by atoms with E-state index in [1.807, 2.05) is 6.08 Å². The molecular weight excluding hydrogens is 104 g/mol. The number of oxime groups is 1. The van der Waals surface area contributed by atoms with Gasteiger partial charge >= 0.3 is 0 Å². The van der Waals surface area contributed by atoms with Crippen molar-refractivity contribution < 1.29 is 4.84 Å². The van der Waals surface area contributed by atoms with Gasteiger partial charge in [-0.3, -0.25) is 0 Å². The molecule has 1 aliphatic heterocycles. The first kappa shape index (κ1) is 5.15. The number of rotatable bonds is 0. The predicted octanol–water partition coefficient (Wildman–Crippen LogP) is 0.583. The Morgan fingerprint density at radius 2 is 2.50 bits per heavy atom. The smallest absolute Gasteiger partial charge is 0.216 e. The van der Waals surface area contributed by atoms with Crippen LogP contribution in [0.4, 0.5) is 0 Å². The van der Waals surface area contributed by atoms with Gasteiger partial charge in [-0.15, -0.1) is 0 Å². The predicted molar refractivity (Wildman–Crippen MR) is 31.1 cm³/mol. The van der Waals surface area contributed by atoms with E-state index in [0.717, 1.165) is 12.8 Å². The van der Waals surface area contributed by atoms with Crippen LogP contribution in [-0.2, 0) is 4.84 Å². The molecule has 2 N–H and O–H groups in total. The fraction of sp³-hybridized carbons (Fsp3) is 0.400. The molecule has 0 aliphatic carbocycles. The van der Waals surface area contributed by atoms with Crippen LogP contribution < -0.4 is 5.73 Å². The summed E-state index contributed by atoms with van der Waals surface area (Å²) in [4.78, 5) is 4.61. The van der Waals surface area contributed by atoms with Gasteiger partial charge in [-0.05, 0) is 18.9 Å². The van der Waals surface area contributed by atoms with Crippen molar-refractivity contribution in [3.05, 3.63) is 12.0 Å². The largest absolute Gasteiger partial charge is 0.368 e. The Balaban J connectivity index is 2.51. The highest BCUT2D eigenvalue weighted by molar-refractivity contribution is 5.56. The molecule has 0 spiro atoms. The minimum absolute atomic E-state index is 0.402. The number of hydrogen-bond acceptors (Lipinski definition) is 3. The molecule has 3 heteroatoms. The van der Waals surface area contributed by atoms with Crippen molar-refractivity contribution in [2.24, 2.45) is 10.9 Å². The molecule has 0 unspecified atom stereocenters. The van der Waals surface area contributed by atoms with Crippen LogP contribution in [0.3, 0.4) is 0 Å². The van der Waals surface area contributed by atoms with Gasteiger partial charge in [0.05, 0.1) is 0 Å². The second kappa shape index (κ2) is 2.35. The minimum atomic E-state index is 0.402. The average molecular weight is 112 g/mol. The fourth-order valence-electron chi connectivity index (χ4n) is 0.488. The van der Waals surface area contributed by atoms with E-state index >= 15 is 0 Å². The molecule has 8 heavy (non-hydrogen) atoms. The maximum absolute atomic E-state index is 5.26. The monoisotopic (exact) mass is 112 g/mol. The van der Waals surface area contributed by atoms with E-state index in [-0.39, 0.29) is 0 Å². The molecular formula is C5H8N2O. The summed E-state index contributed by atoms with van der Waals surface area (Å²) in [6, 6.07) is 0. The van der Waals surface area contributed by atoms with Crippen molar-refractivity contribution in [3.8, 4) is 0 Å².